The van der Waals surface area contributed by atoms with Crippen LogP contribution in [0.1, 0.15) is 37.3 Å². The third kappa shape index (κ3) is 5.19. The van der Waals surface area contributed by atoms with Crippen LogP contribution in [0.25, 0.3) is 0 Å². The normalized spacial score (nSPS) is 17.5. The highest BCUT2D eigenvalue weighted by molar-refractivity contribution is 5.76. The van der Waals surface area contributed by atoms with Gasteiger partial charge in [0, 0.05) is 13.0 Å². The number of hydrogen-bond acceptors (Lipinski definition) is 2. The van der Waals surface area contributed by atoms with E-state index in [1.807, 2.05) is 6.92 Å². The van der Waals surface area contributed by atoms with Crippen LogP contribution in [0.2, 0.25) is 0 Å². The Bertz CT molecular complexity index is 568. The Labute approximate surface area is 138 Å². The van der Waals surface area contributed by atoms with Gasteiger partial charge in [-0.2, -0.15) is 13.2 Å². The molecule has 0 aromatic heterocycles. The van der Waals surface area contributed by atoms with Crippen LogP contribution in [-0.4, -0.2) is 19.0 Å². The molecule has 0 spiro atoms. The largest absolute Gasteiger partial charge is 0.416 e. The zero-order valence-electron chi connectivity index (χ0n) is 13.5. The summed E-state index contributed by atoms with van der Waals surface area (Å²) in [6.45, 7) is 3.60. The summed E-state index contributed by atoms with van der Waals surface area (Å²) in [5, 5.41) is 5.78. The standard InChI is InChI=1S/C17H22F4N2O/c1-11(12-4-6-22-7-5-12)8-16(24)23-10-13-2-3-14(18)9-15(13)17(19,20)21/h2-3,9,11-12,22H,4-8,10H2,1H3,(H,23,24). The van der Waals surface area contributed by atoms with E-state index in [1.54, 1.807) is 0 Å². The van der Waals surface area contributed by atoms with Crippen molar-refractivity contribution in [1.29, 1.82) is 0 Å². The molecule has 1 saturated heterocycles. The smallest absolute Gasteiger partial charge is 0.352 e. The van der Waals surface area contributed by atoms with Crippen molar-refractivity contribution in [2.45, 2.75) is 38.9 Å². The fraction of sp³-hybridized carbons (Fsp3) is 0.588. The average Bonchev–Trinajstić information content (AvgIpc) is 2.53. The predicted octanol–water partition coefficient (Wildman–Crippen LogP) is 3.49. The maximum Gasteiger partial charge on any atom is 0.416 e. The van der Waals surface area contributed by atoms with Crippen LogP contribution in [0.5, 0.6) is 0 Å². The van der Waals surface area contributed by atoms with Crippen molar-refractivity contribution >= 4 is 5.91 Å². The van der Waals surface area contributed by atoms with Crippen molar-refractivity contribution in [3.05, 3.63) is 35.1 Å². The van der Waals surface area contributed by atoms with Gasteiger partial charge < -0.3 is 10.6 Å². The van der Waals surface area contributed by atoms with Crippen molar-refractivity contribution in [2.75, 3.05) is 13.1 Å². The van der Waals surface area contributed by atoms with Crippen molar-refractivity contribution in [1.82, 2.24) is 10.6 Å². The Morgan fingerprint density at radius 3 is 2.62 bits per heavy atom. The van der Waals surface area contributed by atoms with E-state index in [-0.39, 0.29) is 30.4 Å². The van der Waals surface area contributed by atoms with Gasteiger partial charge >= 0.3 is 6.18 Å². The number of nitrogens with one attached hydrogen (secondary N) is 2. The van der Waals surface area contributed by atoms with Crippen LogP contribution >= 0.6 is 0 Å². The number of benzene rings is 1. The molecule has 0 bridgehead atoms. The van der Waals surface area contributed by atoms with E-state index in [1.165, 1.54) is 0 Å². The second-order valence-electron chi connectivity index (χ2n) is 6.34. The maximum absolute atomic E-state index is 13.1. The van der Waals surface area contributed by atoms with E-state index >= 15 is 0 Å². The first-order valence-corrected chi connectivity index (χ1v) is 8.10. The lowest BCUT2D eigenvalue weighted by atomic mass is 9.84. The molecule has 0 aliphatic carbocycles. The second kappa shape index (κ2) is 7.96. The van der Waals surface area contributed by atoms with Crippen LogP contribution in [0, 0.1) is 17.7 Å². The average molecular weight is 346 g/mol. The number of carbonyl (C=O) groups is 1. The number of carbonyl (C=O) groups excluding carboxylic acids is 1. The van der Waals surface area contributed by atoms with Crippen LogP contribution in [0.4, 0.5) is 17.6 Å². The summed E-state index contributed by atoms with van der Waals surface area (Å²) >= 11 is 0. The fourth-order valence-electron chi connectivity index (χ4n) is 3.11. The molecule has 0 saturated carbocycles. The van der Waals surface area contributed by atoms with Crippen molar-refractivity contribution in [3.63, 3.8) is 0 Å². The van der Waals surface area contributed by atoms with E-state index in [9.17, 15) is 22.4 Å². The van der Waals surface area contributed by atoms with Crippen LogP contribution in [-0.2, 0) is 17.5 Å². The van der Waals surface area contributed by atoms with Gasteiger partial charge in [-0.3, -0.25) is 4.79 Å². The van der Waals surface area contributed by atoms with Gasteiger partial charge in [0.25, 0.3) is 0 Å². The third-order valence-corrected chi connectivity index (χ3v) is 4.55. The predicted molar refractivity (Wildman–Crippen MR) is 82.6 cm³/mol. The molecule has 7 heteroatoms. The van der Waals surface area contributed by atoms with E-state index in [2.05, 4.69) is 10.6 Å². The summed E-state index contributed by atoms with van der Waals surface area (Å²) in [6.07, 6.45) is -2.35. The molecule has 2 N–H and O–H groups in total. The molecule has 3 nitrogen and oxygen atoms in total. The lowest BCUT2D eigenvalue weighted by Gasteiger charge is -2.27. The zero-order valence-corrected chi connectivity index (χ0v) is 13.5. The Morgan fingerprint density at radius 2 is 2.00 bits per heavy atom. The maximum atomic E-state index is 13.1. The number of rotatable bonds is 5. The van der Waals surface area contributed by atoms with E-state index in [0.29, 0.717) is 12.0 Å². The molecule has 1 fully saturated rings. The summed E-state index contributed by atoms with van der Waals surface area (Å²) in [5.74, 6) is -0.591. The molecule has 1 aromatic rings. The van der Waals surface area contributed by atoms with E-state index < -0.39 is 17.6 Å². The van der Waals surface area contributed by atoms with Gasteiger partial charge in [-0.1, -0.05) is 13.0 Å². The molecular weight excluding hydrogens is 324 g/mol. The first-order chi connectivity index (χ1) is 11.3. The number of amides is 1. The summed E-state index contributed by atoms with van der Waals surface area (Å²) < 4.78 is 51.8. The van der Waals surface area contributed by atoms with Crippen LogP contribution in [0.3, 0.4) is 0 Å². The van der Waals surface area contributed by atoms with Crippen molar-refractivity contribution in [3.8, 4) is 0 Å². The highest BCUT2D eigenvalue weighted by Crippen LogP contribution is 2.32. The van der Waals surface area contributed by atoms with Gasteiger partial charge in [0.2, 0.25) is 5.91 Å². The molecule has 1 amide bonds. The van der Waals surface area contributed by atoms with E-state index in [4.69, 9.17) is 0 Å². The summed E-state index contributed by atoms with van der Waals surface area (Å²) in [4.78, 5) is 12.0. The monoisotopic (exact) mass is 346 g/mol. The molecule has 1 aliphatic heterocycles. The SMILES string of the molecule is CC(CC(=O)NCc1ccc(F)cc1C(F)(F)F)C1CCNCC1. The van der Waals surface area contributed by atoms with Crippen molar-refractivity contribution < 1.29 is 22.4 Å². The lowest BCUT2D eigenvalue weighted by molar-refractivity contribution is -0.138. The molecule has 1 heterocycles. The van der Waals surface area contributed by atoms with Gasteiger partial charge in [-0.25, -0.2) is 4.39 Å². The minimum absolute atomic E-state index is 0.133. The molecule has 1 unspecified atom stereocenters. The Kier molecular flexibility index (Phi) is 6.21. The molecule has 1 atom stereocenters. The fourth-order valence-corrected chi connectivity index (χ4v) is 3.11. The van der Waals surface area contributed by atoms with E-state index in [0.717, 1.165) is 38.1 Å². The molecule has 134 valence electrons. The minimum atomic E-state index is -4.65. The number of halogens is 4. The highest BCUT2D eigenvalue weighted by Gasteiger charge is 2.33. The highest BCUT2D eigenvalue weighted by atomic mass is 19.4. The summed E-state index contributed by atoms with van der Waals surface area (Å²) in [5.41, 5.74) is -1.18. The quantitative estimate of drug-likeness (QED) is 0.802. The summed E-state index contributed by atoms with van der Waals surface area (Å²) in [7, 11) is 0. The summed E-state index contributed by atoms with van der Waals surface area (Å²) in [6, 6.07) is 2.49. The molecule has 1 aromatic carbocycles. The third-order valence-electron chi connectivity index (χ3n) is 4.55. The van der Waals surface area contributed by atoms with Gasteiger partial charge in [-0.15, -0.1) is 0 Å². The van der Waals surface area contributed by atoms with Crippen LogP contribution in [0.15, 0.2) is 18.2 Å². The topological polar surface area (TPSA) is 41.1 Å². The van der Waals surface area contributed by atoms with Gasteiger partial charge in [0.05, 0.1) is 5.56 Å². The molecule has 0 radical (unpaired) electrons. The molecule has 24 heavy (non-hydrogen) atoms. The first-order valence-electron chi connectivity index (χ1n) is 8.10. The zero-order chi connectivity index (χ0) is 17.7. The first kappa shape index (κ1) is 18.7. The molecule has 1 aliphatic rings. The molecule has 2 rings (SSSR count). The Hall–Kier alpha value is -1.63. The van der Waals surface area contributed by atoms with Gasteiger partial charge in [-0.05, 0) is 55.5 Å². The van der Waals surface area contributed by atoms with Crippen molar-refractivity contribution in [2.24, 2.45) is 11.8 Å². The molecular formula is C17H22F4N2O. The number of alkyl halides is 3. The van der Waals surface area contributed by atoms with Gasteiger partial charge in [0.1, 0.15) is 5.82 Å². The Balaban J connectivity index is 1.92. The Morgan fingerprint density at radius 1 is 1.33 bits per heavy atom. The lowest BCUT2D eigenvalue weighted by Crippen LogP contribution is -2.33. The minimum Gasteiger partial charge on any atom is -0.352 e. The second-order valence-corrected chi connectivity index (χ2v) is 6.34. The van der Waals surface area contributed by atoms with Gasteiger partial charge in [0.15, 0.2) is 0 Å². The number of hydrogen-bond donors (Lipinski definition) is 2. The van der Waals surface area contributed by atoms with Crippen LogP contribution < -0.4 is 10.6 Å². The number of piperidine rings is 1.